The fourth-order valence-electron chi connectivity index (χ4n) is 2.78. The van der Waals surface area contributed by atoms with Crippen LogP contribution in [0.25, 0.3) is 0 Å². The number of rotatable bonds is 17. The van der Waals surface area contributed by atoms with Crippen LogP contribution in [0.4, 0.5) is 0 Å². The minimum Gasteiger partial charge on any atom is -0.386 e. The minimum atomic E-state index is -0.772. The largest absolute Gasteiger partial charge is 0.386 e. The van der Waals surface area contributed by atoms with E-state index in [-0.39, 0.29) is 0 Å². The molecule has 0 aromatic heterocycles. The van der Waals surface area contributed by atoms with Crippen LogP contribution in [0.15, 0.2) is 24.3 Å². The summed E-state index contributed by atoms with van der Waals surface area (Å²) in [6.07, 6.45) is 23.4. The summed E-state index contributed by atoms with van der Waals surface area (Å²) in [7, 11) is 0. The maximum absolute atomic E-state index is 9.90. The predicted molar refractivity (Wildman–Crippen MR) is 106 cm³/mol. The molecule has 0 aliphatic rings. The lowest BCUT2D eigenvalue weighted by Crippen LogP contribution is -2.21. The Hall–Kier alpha value is -0.600. The van der Waals surface area contributed by atoms with E-state index in [0.717, 1.165) is 12.8 Å². The Morgan fingerprint density at radius 1 is 0.542 bits per heavy atom. The SMILES string of the molecule is CCCCCCCC/C=C/C(O)C(O)/C=C/CCCCCCCC. The van der Waals surface area contributed by atoms with Gasteiger partial charge in [-0.05, 0) is 25.7 Å². The second-order valence-corrected chi connectivity index (χ2v) is 6.95. The second-order valence-electron chi connectivity index (χ2n) is 6.95. The standard InChI is InChI=1S/C22H42O2/c1-3-5-7-9-11-13-15-17-19-21(23)22(24)20-18-16-14-12-10-8-6-4-2/h17-24H,3-16H2,1-2H3/b19-17+,20-18+. The molecule has 0 spiro atoms. The van der Waals surface area contributed by atoms with Crippen LogP contribution >= 0.6 is 0 Å². The van der Waals surface area contributed by atoms with Gasteiger partial charge in [-0.2, -0.15) is 0 Å². The van der Waals surface area contributed by atoms with Crippen molar-refractivity contribution >= 4 is 0 Å². The Morgan fingerprint density at radius 2 is 0.875 bits per heavy atom. The molecule has 0 aromatic carbocycles. The first kappa shape index (κ1) is 23.4. The van der Waals surface area contributed by atoms with Crippen molar-refractivity contribution in [3.05, 3.63) is 24.3 Å². The van der Waals surface area contributed by atoms with E-state index in [1.165, 1.54) is 77.0 Å². The van der Waals surface area contributed by atoms with E-state index in [1.807, 2.05) is 12.2 Å². The fourth-order valence-corrected chi connectivity index (χ4v) is 2.78. The van der Waals surface area contributed by atoms with E-state index in [2.05, 4.69) is 13.8 Å². The third-order valence-electron chi connectivity index (χ3n) is 4.47. The van der Waals surface area contributed by atoms with E-state index >= 15 is 0 Å². The summed E-state index contributed by atoms with van der Waals surface area (Å²) in [6.45, 7) is 4.47. The zero-order valence-electron chi connectivity index (χ0n) is 16.3. The summed E-state index contributed by atoms with van der Waals surface area (Å²) in [5.41, 5.74) is 0. The van der Waals surface area contributed by atoms with Crippen LogP contribution in [-0.2, 0) is 0 Å². The van der Waals surface area contributed by atoms with Crippen molar-refractivity contribution in [2.75, 3.05) is 0 Å². The molecule has 2 atom stereocenters. The van der Waals surface area contributed by atoms with Gasteiger partial charge in [-0.15, -0.1) is 0 Å². The van der Waals surface area contributed by atoms with Crippen LogP contribution in [0, 0.1) is 0 Å². The first-order valence-electron chi connectivity index (χ1n) is 10.4. The predicted octanol–water partition coefficient (Wildman–Crippen LogP) is 6.32. The molecule has 142 valence electrons. The molecule has 2 N–H and O–H groups in total. The van der Waals surface area contributed by atoms with Gasteiger partial charge < -0.3 is 10.2 Å². The lowest BCUT2D eigenvalue weighted by molar-refractivity contribution is 0.0805. The third-order valence-corrected chi connectivity index (χ3v) is 4.47. The van der Waals surface area contributed by atoms with Crippen LogP contribution < -0.4 is 0 Å². The summed E-state index contributed by atoms with van der Waals surface area (Å²) < 4.78 is 0. The van der Waals surface area contributed by atoms with Crippen molar-refractivity contribution in [2.45, 2.75) is 116 Å². The van der Waals surface area contributed by atoms with Crippen molar-refractivity contribution < 1.29 is 10.2 Å². The maximum Gasteiger partial charge on any atom is 0.102 e. The Labute approximate surface area is 151 Å². The van der Waals surface area contributed by atoms with Gasteiger partial charge in [0, 0.05) is 0 Å². The Bertz CT molecular complexity index is 266. The first-order chi connectivity index (χ1) is 11.7. The lowest BCUT2D eigenvalue weighted by atomic mass is 10.1. The molecule has 2 unspecified atom stereocenters. The van der Waals surface area contributed by atoms with Crippen LogP contribution in [0.1, 0.15) is 104 Å². The summed E-state index contributed by atoms with van der Waals surface area (Å²) in [4.78, 5) is 0. The van der Waals surface area contributed by atoms with Gasteiger partial charge in [-0.25, -0.2) is 0 Å². The fraction of sp³-hybridized carbons (Fsp3) is 0.818. The van der Waals surface area contributed by atoms with Gasteiger partial charge in [-0.3, -0.25) is 0 Å². The van der Waals surface area contributed by atoms with Gasteiger partial charge in [0.2, 0.25) is 0 Å². The van der Waals surface area contributed by atoms with Crippen LogP contribution in [0.3, 0.4) is 0 Å². The average Bonchev–Trinajstić information content (AvgIpc) is 2.59. The highest BCUT2D eigenvalue weighted by Crippen LogP contribution is 2.09. The second kappa shape index (κ2) is 18.7. The topological polar surface area (TPSA) is 40.5 Å². The molecule has 0 rings (SSSR count). The summed E-state index contributed by atoms with van der Waals surface area (Å²) in [5.74, 6) is 0. The van der Waals surface area contributed by atoms with Crippen molar-refractivity contribution in [2.24, 2.45) is 0 Å². The average molecular weight is 339 g/mol. The molecule has 0 bridgehead atoms. The van der Waals surface area contributed by atoms with Gasteiger partial charge >= 0.3 is 0 Å². The molecular formula is C22H42O2. The number of unbranched alkanes of at least 4 members (excludes halogenated alkanes) is 12. The third kappa shape index (κ3) is 16.3. The molecule has 0 radical (unpaired) electrons. The first-order valence-corrected chi connectivity index (χ1v) is 10.4. The zero-order chi connectivity index (χ0) is 17.9. The Kier molecular flexibility index (Phi) is 18.3. The summed E-state index contributed by atoms with van der Waals surface area (Å²) in [6, 6.07) is 0. The lowest BCUT2D eigenvalue weighted by Gasteiger charge is -2.10. The van der Waals surface area contributed by atoms with Gasteiger partial charge in [0.05, 0.1) is 0 Å². The van der Waals surface area contributed by atoms with E-state index in [1.54, 1.807) is 12.2 Å². The molecule has 0 fully saturated rings. The molecule has 2 heteroatoms. The number of aliphatic hydroxyl groups is 2. The molecule has 0 saturated heterocycles. The van der Waals surface area contributed by atoms with E-state index in [4.69, 9.17) is 0 Å². The van der Waals surface area contributed by atoms with Crippen molar-refractivity contribution in [3.63, 3.8) is 0 Å². The molecule has 0 amide bonds. The van der Waals surface area contributed by atoms with E-state index < -0.39 is 12.2 Å². The Balaban J connectivity index is 3.58. The summed E-state index contributed by atoms with van der Waals surface area (Å²) in [5, 5.41) is 19.8. The molecular weight excluding hydrogens is 296 g/mol. The summed E-state index contributed by atoms with van der Waals surface area (Å²) >= 11 is 0. The van der Waals surface area contributed by atoms with Crippen LogP contribution in [0.2, 0.25) is 0 Å². The van der Waals surface area contributed by atoms with E-state index in [9.17, 15) is 10.2 Å². The quantitative estimate of drug-likeness (QED) is 0.240. The molecule has 0 saturated carbocycles. The van der Waals surface area contributed by atoms with Crippen LogP contribution in [-0.4, -0.2) is 22.4 Å². The number of hydrogen-bond donors (Lipinski definition) is 2. The molecule has 0 aliphatic heterocycles. The molecule has 2 nitrogen and oxygen atoms in total. The van der Waals surface area contributed by atoms with E-state index in [0.29, 0.717) is 0 Å². The number of hydrogen-bond acceptors (Lipinski definition) is 2. The number of aliphatic hydroxyl groups excluding tert-OH is 2. The van der Waals surface area contributed by atoms with Crippen molar-refractivity contribution in [3.8, 4) is 0 Å². The smallest absolute Gasteiger partial charge is 0.102 e. The van der Waals surface area contributed by atoms with Gasteiger partial charge in [0.1, 0.15) is 12.2 Å². The molecule has 24 heavy (non-hydrogen) atoms. The monoisotopic (exact) mass is 338 g/mol. The van der Waals surface area contributed by atoms with Crippen LogP contribution in [0.5, 0.6) is 0 Å². The molecule has 0 heterocycles. The highest BCUT2D eigenvalue weighted by molar-refractivity contribution is 5.00. The Morgan fingerprint density at radius 3 is 1.25 bits per heavy atom. The highest BCUT2D eigenvalue weighted by atomic mass is 16.3. The molecule has 0 aliphatic carbocycles. The zero-order valence-corrected chi connectivity index (χ0v) is 16.3. The van der Waals surface area contributed by atoms with Gasteiger partial charge in [0.15, 0.2) is 0 Å². The number of allylic oxidation sites excluding steroid dienone is 2. The van der Waals surface area contributed by atoms with Crippen molar-refractivity contribution in [1.82, 2.24) is 0 Å². The van der Waals surface area contributed by atoms with Gasteiger partial charge in [0.25, 0.3) is 0 Å². The normalized spacial score (nSPS) is 14.7. The minimum absolute atomic E-state index is 0.772. The molecule has 0 aromatic rings. The van der Waals surface area contributed by atoms with Crippen molar-refractivity contribution in [1.29, 1.82) is 0 Å². The maximum atomic E-state index is 9.90. The highest BCUT2D eigenvalue weighted by Gasteiger charge is 2.08. The van der Waals surface area contributed by atoms with Gasteiger partial charge in [-0.1, -0.05) is 102 Å².